The van der Waals surface area contributed by atoms with Crippen LogP contribution in [0.3, 0.4) is 0 Å². The average molecular weight is 305 g/mol. The summed E-state index contributed by atoms with van der Waals surface area (Å²) in [5, 5.41) is 0.693. The van der Waals surface area contributed by atoms with Gasteiger partial charge in [-0.1, -0.05) is 23.7 Å². The molecule has 0 spiro atoms. The zero-order valence-corrected chi connectivity index (χ0v) is 12.3. The lowest BCUT2D eigenvalue weighted by Crippen LogP contribution is -2.48. The zero-order valence-electron chi connectivity index (χ0n) is 10.7. The third-order valence-electron chi connectivity index (χ3n) is 3.01. The average Bonchev–Trinajstić information content (AvgIpc) is 2.38. The molecule has 106 valence electrons. The van der Waals surface area contributed by atoms with Gasteiger partial charge in [-0.2, -0.15) is 0 Å². The molecule has 2 atom stereocenters. The highest BCUT2D eigenvalue weighted by Gasteiger charge is 2.26. The molecule has 1 aliphatic heterocycles. The second-order valence-corrected chi connectivity index (χ2v) is 4.92. The predicted molar refractivity (Wildman–Crippen MR) is 77.6 cm³/mol. The maximum atomic E-state index is 11.9. The number of ether oxygens (including phenoxy) is 1. The van der Waals surface area contributed by atoms with Crippen LogP contribution in [0.1, 0.15) is 18.6 Å². The number of morpholine rings is 1. The fraction of sp³-hybridized carbons (Fsp3) is 0.462. The van der Waals surface area contributed by atoms with Crippen molar-refractivity contribution in [1.82, 2.24) is 4.90 Å². The second kappa shape index (κ2) is 7.10. The first-order valence-electron chi connectivity index (χ1n) is 5.99. The molecule has 6 heteroatoms. The standard InChI is InChI=1S/C13H17ClN2O2.ClH/c1-9(15)13(17)16-6-7-18-12(8-16)10-2-4-11(14)5-3-10;/h2-5,9,12H,6-8,15H2,1H3;1H. The minimum absolute atomic E-state index is 0. The van der Waals surface area contributed by atoms with Gasteiger partial charge >= 0.3 is 0 Å². The second-order valence-electron chi connectivity index (χ2n) is 4.48. The van der Waals surface area contributed by atoms with Gasteiger partial charge in [0.2, 0.25) is 5.91 Å². The monoisotopic (exact) mass is 304 g/mol. The van der Waals surface area contributed by atoms with E-state index in [1.165, 1.54) is 0 Å². The normalized spacial score (nSPS) is 20.6. The number of benzene rings is 1. The predicted octanol–water partition coefficient (Wildman–Crippen LogP) is 2.01. The first kappa shape index (κ1) is 16.2. The number of nitrogens with zero attached hydrogens (tertiary/aromatic N) is 1. The zero-order chi connectivity index (χ0) is 13.1. The molecule has 0 aromatic heterocycles. The van der Waals surface area contributed by atoms with Crippen molar-refractivity contribution in [3.8, 4) is 0 Å². The lowest BCUT2D eigenvalue weighted by Gasteiger charge is -2.34. The van der Waals surface area contributed by atoms with Gasteiger partial charge in [0.15, 0.2) is 0 Å². The Bertz CT molecular complexity index is 423. The van der Waals surface area contributed by atoms with Gasteiger partial charge in [0, 0.05) is 11.6 Å². The summed E-state index contributed by atoms with van der Waals surface area (Å²) in [6.45, 7) is 3.38. The largest absolute Gasteiger partial charge is 0.370 e. The lowest BCUT2D eigenvalue weighted by molar-refractivity contribution is -0.140. The Kier molecular flexibility index (Phi) is 6.07. The highest BCUT2D eigenvalue weighted by molar-refractivity contribution is 6.30. The summed E-state index contributed by atoms with van der Waals surface area (Å²) >= 11 is 5.85. The molecule has 2 unspecified atom stereocenters. The van der Waals surface area contributed by atoms with Crippen molar-refractivity contribution in [2.24, 2.45) is 5.73 Å². The van der Waals surface area contributed by atoms with Gasteiger partial charge in [-0.15, -0.1) is 12.4 Å². The fourth-order valence-electron chi connectivity index (χ4n) is 2.02. The summed E-state index contributed by atoms with van der Waals surface area (Å²) in [6.07, 6.45) is -0.0984. The summed E-state index contributed by atoms with van der Waals surface area (Å²) in [6, 6.07) is 7.03. The van der Waals surface area contributed by atoms with Crippen LogP contribution in [-0.2, 0) is 9.53 Å². The molecule has 19 heavy (non-hydrogen) atoms. The SMILES string of the molecule is CC(N)C(=O)N1CCOC(c2ccc(Cl)cc2)C1.Cl. The third kappa shape index (κ3) is 4.08. The van der Waals surface area contributed by atoms with Crippen molar-refractivity contribution >= 4 is 29.9 Å². The van der Waals surface area contributed by atoms with E-state index in [-0.39, 0.29) is 24.4 Å². The molecule has 1 aliphatic rings. The summed E-state index contributed by atoms with van der Waals surface area (Å²) < 4.78 is 5.69. The van der Waals surface area contributed by atoms with Gasteiger partial charge in [0.25, 0.3) is 0 Å². The summed E-state index contributed by atoms with van der Waals surface area (Å²) in [4.78, 5) is 13.6. The number of carbonyl (C=O) groups excluding carboxylic acids is 1. The van der Waals surface area contributed by atoms with Gasteiger partial charge in [0.05, 0.1) is 19.2 Å². The molecule has 2 rings (SSSR count). The van der Waals surface area contributed by atoms with Gasteiger partial charge in [-0.05, 0) is 24.6 Å². The number of hydrogen-bond acceptors (Lipinski definition) is 3. The van der Waals surface area contributed by atoms with E-state index in [1.54, 1.807) is 11.8 Å². The Morgan fingerprint density at radius 1 is 1.47 bits per heavy atom. The molecule has 1 fully saturated rings. The molecule has 1 aromatic carbocycles. The molecule has 1 aromatic rings. The molecule has 1 saturated heterocycles. The molecule has 1 heterocycles. The molecule has 0 bridgehead atoms. The van der Waals surface area contributed by atoms with E-state index >= 15 is 0 Å². The summed E-state index contributed by atoms with van der Waals surface area (Å²) in [5.41, 5.74) is 6.65. The van der Waals surface area contributed by atoms with Crippen LogP contribution in [0, 0.1) is 0 Å². The molecule has 2 N–H and O–H groups in total. The smallest absolute Gasteiger partial charge is 0.239 e. The number of hydrogen-bond donors (Lipinski definition) is 1. The number of nitrogens with two attached hydrogens (primary N) is 1. The third-order valence-corrected chi connectivity index (χ3v) is 3.26. The molecule has 0 aliphatic carbocycles. The van der Waals surface area contributed by atoms with Crippen molar-refractivity contribution < 1.29 is 9.53 Å². The van der Waals surface area contributed by atoms with Crippen LogP contribution < -0.4 is 5.73 Å². The Labute approximate surface area is 124 Å². The summed E-state index contributed by atoms with van der Waals surface area (Å²) in [7, 11) is 0. The number of carbonyl (C=O) groups is 1. The molecule has 1 amide bonds. The summed E-state index contributed by atoms with van der Waals surface area (Å²) in [5.74, 6) is -0.0303. The van der Waals surface area contributed by atoms with Crippen LogP contribution in [0.25, 0.3) is 0 Å². The Hall–Kier alpha value is -0.810. The van der Waals surface area contributed by atoms with Gasteiger partial charge in [-0.3, -0.25) is 4.79 Å². The Morgan fingerprint density at radius 3 is 2.68 bits per heavy atom. The lowest BCUT2D eigenvalue weighted by atomic mass is 10.1. The molecular weight excluding hydrogens is 287 g/mol. The highest BCUT2D eigenvalue weighted by Crippen LogP contribution is 2.23. The Morgan fingerprint density at radius 2 is 2.11 bits per heavy atom. The van der Waals surface area contributed by atoms with E-state index in [1.807, 2.05) is 24.3 Å². The molecule has 0 saturated carbocycles. The molecule has 4 nitrogen and oxygen atoms in total. The maximum absolute atomic E-state index is 11.9. The number of amides is 1. The maximum Gasteiger partial charge on any atom is 0.239 e. The minimum Gasteiger partial charge on any atom is -0.370 e. The van der Waals surface area contributed by atoms with E-state index < -0.39 is 6.04 Å². The van der Waals surface area contributed by atoms with E-state index in [9.17, 15) is 4.79 Å². The van der Waals surface area contributed by atoms with Gasteiger partial charge in [0.1, 0.15) is 6.10 Å². The topological polar surface area (TPSA) is 55.6 Å². The van der Waals surface area contributed by atoms with Crippen molar-refractivity contribution in [3.05, 3.63) is 34.9 Å². The first-order valence-corrected chi connectivity index (χ1v) is 6.37. The van der Waals surface area contributed by atoms with Crippen LogP contribution in [0.5, 0.6) is 0 Å². The van der Waals surface area contributed by atoms with Crippen LogP contribution in [-0.4, -0.2) is 36.5 Å². The first-order chi connectivity index (χ1) is 8.58. The number of halogens is 2. The van der Waals surface area contributed by atoms with Gasteiger partial charge < -0.3 is 15.4 Å². The number of rotatable bonds is 2. The van der Waals surface area contributed by atoms with Crippen LogP contribution in [0.2, 0.25) is 5.02 Å². The highest BCUT2D eigenvalue weighted by atomic mass is 35.5. The fourth-order valence-corrected chi connectivity index (χ4v) is 2.14. The quantitative estimate of drug-likeness (QED) is 0.909. The van der Waals surface area contributed by atoms with Crippen molar-refractivity contribution in [3.63, 3.8) is 0 Å². The van der Waals surface area contributed by atoms with Crippen LogP contribution >= 0.6 is 24.0 Å². The van der Waals surface area contributed by atoms with E-state index in [2.05, 4.69) is 0 Å². The molecular formula is C13H18Cl2N2O2. The van der Waals surface area contributed by atoms with E-state index in [0.29, 0.717) is 24.7 Å². The van der Waals surface area contributed by atoms with E-state index in [0.717, 1.165) is 5.56 Å². The van der Waals surface area contributed by atoms with Gasteiger partial charge in [-0.25, -0.2) is 0 Å². The van der Waals surface area contributed by atoms with E-state index in [4.69, 9.17) is 22.1 Å². The van der Waals surface area contributed by atoms with Crippen LogP contribution in [0.4, 0.5) is 0 Å². The molecule has 0 radical (unpaired) electrons. The van der Waals surface area contributed by atoms with Crippen LogP contribution in [0.15, 0.2) is 24.3 Å². The Balaban J connectivity index is 0.00000180. The minimum atomic E-state index is -0.464. The van der Waals surface area contributed by atoms with Crippen molar-refractivity contribution in [1.29, 1.82) is 0 Å². The van der Waals surface area contributed by atoms with Crippen molar-refractivity contribution in [2.45, 2.75) is 19.1 Å². The van der Waals surface area contributed by atoms with Crippen molar-refractivity contribution in [2.75, 3.05) is 19.7 Å².